The number of benzene rings is 1. The van der Waals surface area contributed by atoms with Crippen molar-refractivity contribution in [1.29, 1.82) is 0 Å². The monoisotopic (exact) mass is 415 g/mol. The molecule has 0 radical (unpaired) electrons. The Hall–Kier alpha value is -3.19. The van der Waals surface area contributed by atoms with E-state index in [0.29, 0.717) is 24.3 Å². The third-order valence-corrected chi connectivity index (χ3v) is 6.28. The van der Waals surface area contributed by atoms with Crippen molar-refractivity contribution in [2.75, 3.05) is 24.7 Å². The predicted octanol–water partition coefficient (Wildman–Crippen LogP) is 4.40. The minimum absolute atomic E-state index is 0.471. The number of hydrogen-bond acceptors (Lipinski definition) is 6. The Morgan fingerprint density at radius 2 is 1.84 bits per heavy atom. The van der Waals surface area contributed by atoms with Gasteiger partial charge in [-0.05, 0) is 75.0 Å². The van der Waals surface area contributed by atoms with E-state index >= 15 is 0 Å². The van der Waals surface area contributed by atoms with E-state index in [2.05, 4.69) is 63.9 Å². The number of rotatable bonds is 6. The van der Waals surface area contributed by atoms with E-state index in [9.17, 15) is 0 Å². The van der Waals surface area contributed by atoms with E-state index in [1.54, 1.807) is 6.20 Å². The van der Waals surface area contributed by atoms with Crippen LogP contribution in [0.15, 0.2) is 48.8 Å². The molecule has 0 atom stereocenters. The van der Waals surface area contributed by atoms with Crippen LogP contribution in [-0.4, -0.2) is 51.0 Å². The van der Waals surface area contributed by atoms with Crippen LogP contribution in [0.25, 0.3) is 22.1 Å². The Morgan fingerprint density at radius 1 is 1.00 bits per heavy atom. The zero-order chi connectivity index (χ0) is 21.2. The summed E-state index contributed by atoms with van der Waals surface area (Å²) in [6.45, 7) is 0.683. The molecule has 7 nitrogen and oxygen atoms in total. The number of pyridine rings is 1. The molecular weight excluding hydrogens is 386 g/mol. The molecule has 0 bridgehead atoms. The summed E-state index contributed by atoms with van der Waals surface area (Å²) in [5.74, 6) is 1.61. The summed E-state index contributed by atoms with van der Waals surface area (Å²) < 4.78 is 0. The molecule has 5 rings (SSSR count). The summed E-state index contributed by atoms with van der Waals surface area (Å²) in [5, 5.41) is 8.19. The van der Waals surface area contributed by atoms with Crippen molar-refractivity contribution < 1.29 is 0 Å². The van der Waals surface area contributed by atoms with Gasteiger partial charge in [-0.1, -0.05) is 12.1 Å². The summed E-state index contributed by atoms with van der Waals surface area (Å²) in [7, 11) is 4.35. The first kappa shape index (κ1) is 19.8. The minimum atomic E-state index is 0.471. The molecule has 3 aromatic heterocycles. The van der Waals surface area contributed by atoms with Crippen molar-refractivity contribution in [3.05, 3.63) is 54.4 Å². The number of hydrogen-bond donors (Lipinski definition) is 3. The van der Waals surface area contributed by atoms with E-state index in [1.807, 2.05) is 18.3 Å². The lowest BCUT2D eigenvalue weighted by Gasteiger charge is -2.33. The Kier molecular flexibility index (Phi) is 5.42. The summed E-state index contributed by atoms with van der Waals surface area (Å²) in [4.78, 5) is 19.5. The van der Waals surface area contributed by atoms with Gasteiger partial charge in [0.25, 0.3) is 0 Å². The van der Waals surface area contributed by atoms with Gasteiger partial charge in [-0.3, -0.25) is 0 Å². The molecule has 0 amide bonds. The molecule has 3 heterocycles. The zero-order valence-electron chi connectivity index (χ0n) is 18.1. The third-order valence-electron chi connectivity index (χ3n) is 6.28. The van der Waals surface area contributed by atoms with Crippen molar-refractivity contribution in [3.8, 4) is 0 Å². The fourth-order valence-corrected chi connectivity index (χ4v) is 4.41. The average Bonchev–Trinajstić information content (AvgIpc) is 3.26. The number of H-pyrrole nitrogens is 1. The average molecular weight is 416 g/mol. The van der Waals surface area contributed by atoms with E-state index in [4.69, 9.17) is 9.97 Å². The molecule has 0 spiro atoms. The van der Waals surface area contributed by atoms with Gasteiger partial charge < -0.3 is 20.5 Å². The van der Waals surface area contributed by atoms with Crippen LogP contribution in [0.5, 0.6) is 0 Å². The van der Waals surface area contributed by atoms with Crippen LogP contribution in [0.4, 0.5) is 11.6 Å². The Bertz CT molecular complexity index is 1170. The van der Waals surface area contributed by atoms with Crippen molar-refractivity contribution in [2.45, 2.75) is 44.3 Å². The lowest BCUT2D eigenvalue weighted by atomic mass is 9.90. The molecule has 31 heavy (non-hydrogen) atoms. The fraction of sp³-hybridized carbons (Fsp3) is 0.375. The quantitative estimate of drug-likeness (QED) is 0.433. The first-order valence-corrected chi connectivity index (χ1v) is 11.0. The Labute approximate surface area is 182 Å². The number of nitrogens with zero attached hydrogens (tertiary/aromatic N) is 4. The van der Waals surface area contributed by atoms with E-state index in [-0.39, 0.29) is 0 Å². The largest absolute Gasteiger partial charge is 0.367 e. The molecule has 3 N–H and O–H groups in total. The number of aromatic amines is 1. The normalized spacial score (nSPS) is 19.2. The molecule has 1 aromatic carbocycles. The zero-order valence-corrected chi connectivity index (χ0v) is 18.1. The topological polar surface area (TPSA) is 81.8 Å². The summed E-state index contributed by atoms with van der Waals surface area (Å²) in [6.07, 6.45) is 8.51. The highest BCUT2D eigenvalue weighted by atomic mass is 15.1. The second-order valence-corrected chi connectivity index (χ2v) is 8.66. The number of aromatic nitrogens is 4. The van der Waals surface area contributed by atoms with Crippen LogP contribution in [-0.2, 0) is 6.54 Å². The van der Waals surface area contributed by atoms with E-state index in [0.717, 1.165) is 22.7 Å². The smallest absolute Gasteiger partial charge is 0.182 e. The second kappa shape index (κ2) is 8.51. The standard InChI is InChI=1S/C24H29N7/c1-31(2)19-7-5-18(6-8-19)28-22-10-9-20-24(29-22)30-23(15-26-20)27-14-16-3-4-17-11-12-25-21(17)13-16/h3-4,9-13,15,18-19,25H,5-8,14H2,1-2H3,(H2,27,28,29,30). The highest BCUT2D eigenvalue weighted by Gasteiger charge is 2.22. The highest BCUT2D eigenvalue weighted by molar-refractivity contribution is 5.80. The molecule has 0 saturated heterocycles. The maximum atomic E-state index is 4.73. The molecule has 160 valence electrons. The van der Waals surface area contributed by atoms with Gasteiger partial charge in [0.1, 0.15) is 17.2 Å². The summed E-state index contributed by atoms with van der Waals surface area (Å²) >= 11 is 0. The summed E-state index contributed by atoms with van der Waals surface area (Å²) in [5.41, 5.74) is 3.80. The maximum Gasteiger partial charge on any atom is 0.182 e. The third kappa shape index (κ3) is 4.46. The van der Waals surface area contributed by atoms with Gasteiger partial charge in [0.05, 0.1) is 6.20 Å². The first-order valence-electron chi connectivity index (χ1n) is 11.0. The highest BCUT2D eigenvalue weighted by Crippen LogP contribution is 2.24. The molecular formula is C24H29N7. The van der Waals surface area contributed by atoms with Crippen LogP contribution in [0.2, 0.25) is 0 Å². The van der Waals surface area contributed by atoms with Crippen LogP contribution >= 0.6 is 0 Å². The van der Waals surface area contributed by atoms with Crippen molar-refractivity contribution in [3.63, 3.8) is 0 Å². The summed E-state index contributed by atoms with van der Waals surface area (Å²) in [6, 6.07) is 13.6. The van der Waals surface area contributed by atoms with Gasteiger partial charge in [0.15, 0.2) is 5.65 Å². The van der Waals surface area contributed by atoms with Crippen LogP contribution in [0.1, 0.15) is 31.2 Å². The minimum Gasteiger partial charge on any atom is -0.367 e. The second-order valence-electron chi connectivity index (χ2n) is 8.66. The first-order chi connectivity index (χ1) is 15.1. The van der Waals surface area contributed by atoms with Crippen LogP contribution < -0.4 is 10.6 Å². The number of nitrogens with one attached hydrogen (secondary N) is 3. The van der Waals surface area contributed by atoms with Gasteiger partial charge in [0, 0.05) is 30.3 Å². The van der Waals surface area contributed by atoms with E-state index in [1.165, 1.54) is 36.6 Å². The van der Waals surface area contributed by atoms with Gasteiger partial charge in [-0.25, -0.2) is 15.0 Å². The SMILES string of the molecule is CN(C)C1CCC(Nc2ccc3ncc(NCc4ccc5cc[nH]c5c4)nc3n2)CC1. The lowest BCUT2D eigenvalue weighted by Crippen LogP contribution is -2.36. The van der Waals surface area contributed by atoms with E-state index < -0.39 is 0 Å². The maximum absolute atomic E-state index is 4.73. The van der Waals surface area contributed by atoms with Gasteiger partial charge in [0.2, 0.25) is 0 Å². The van der Waals surface area contributed by atoms with Gasteiger partial charge in [-0.15, -0.1) is 0 Å². The molecule has 4 aromatic rings. The van der Waals surface area contributed by atoms with Gasteiger partial charge >= 0.3 is 0 Å². The lowest BCUT2D eigenvalue weighted by molar-refractivity contribution is 0.221. The van der Waals surface area contributed by atoms with Gasteiger partial charge in [-0.2, -0.15) is 0 Å². The molecule has 0 aliphatic heterocycles. The Morgan fingerprint density at radius 3 is 2.68 bits per heavy atom. The molecule has 7 heteroatoms. The number of fused-ring (bicyclic) bond motifs is 2. The Balaban J connectivity index is 1.25. The van der Waals surface area contributed by atoms with Crippen LogP contribution in [0.3, 0.4) is 0 Å². The molecule has 1 aliphatic rings. The van der Waals surface area contributed by atoms with Crippen molar-refractivity contribution in [1.82, 2.24) is 24.8 Å². The molecule has 1 saturated carbocycles. The number of anilines is 2. The van der Waals surface area contributed by atoms with Crippen molar-refractivity contribution >= 4 is 33.7 Å². The molecule has 1 aliphatic carbocycles. The molecule has 0 unspecified atom stereocenters. The van der Waals surface area contributed by atoms with Crippen LogP contribution in [0, 0.1) is 0 Å². The fourth-order valence-electron chi connectivity index (χ4n) is 4.41. The molecule has 1 fully saturated rings. The predicted molar refractivity (Wildman–Crippen MR) is 126 cm³/mol. The van der Waals surface area contributed by atoms with Crippen molar-refractivity contribution in [2.24, 2.45) is 0 Å².